The van der Waals surface area contributed by atoms with Gasteiger partial charge in [0.15, 0.2) is 5.78 Å². The van der Waals surface area contributed by atoms with E-state index >= 15 is 0 Å². The molecule has 21 heavy (non-hydrogen) atoms. The van der Waals surface area contributed by atoms with Crippen LogP contribution in [0.3, 0.4) is 0 Å². The van der Waals surface area contributed by atoms with Crippen molar-refractivity contribution in [2.45, 2.75) is 13.8 Å². The van der Waals surface area contributed by atoms with Gasteiger partial charge >= 0.3 is 0 Å². The smallest absolute Gasteiger partial charge is 0.197 e. The first-order valence-corrected chi connectivity index (χ1v) is 7.31. The lowest BCUT2D eigenvalue weighted by Crippen LogP contribution is -2.08. The summed E-state index contributed by atoms with van der Waals surface area (Å²) in [5.41, 5.74) is 2.99. The molecule has 0 saturated heterocycles. The van der Waals surface area contributed by atoms with Gasteiger partial charge in [-0.25, -0.2) is 0 Å². The van der Waals surface area contributed by atoms with Crippen molar-refractivity contribution in [2.24, 2.45) is 0 Å². The van der Waals surface area contributed by atoms with E-state index in [1.165, 1.54) is 0 Å². The number of ether oxygens (including phenoxy) is 2. The molecule has 0 saturated carbocycles. The van der Waals surface area contributed by atoms with Crippen LogP contribution in [0.2, 0.25) is 0 Å². The second kappa shape index (κ2) is 6.31. The van der Waals surface area contributed by atoms with Crippen LogP contribution in [-0.4, -0.2) is 20.0 Å². The van der Waals surface area contributed by atoms with Crippen molar-refractivity contribution in [3.8, 4) is 11.5 Å². The number of halogens is 1. The molecule has 0 aromatic heterocycles. The highest BCUT2D eigenvalue weighted by Gasteiger charge is 2.21. The van der Waals surface area contributed by atoms with Crippen LogP contribution in [-0.2, 0) is 0 Å². The first kappa shape index (κ1) is 15.6. The molecule has 110 valence electrons. The monoisotopic (exact) mass is 348 g/mol. The van der Waals surface area contributed by atoms with E-state index < -0.39 is 0 Å². The number of carbonyl (C=O) groups is 1. The molecule has 0 fully saturated rings. The fraction of sp³-hybridized carbons (Fsp3) is 0.235. The SMILES string of the molecule is COc1ccc(C(=O)c2c(C)c(Br)cc(C)c2OC)cc1. The Bertz CT molecular complexity index is 675. The van der Waals surface area contributed by atoms with Crippen molar-refractivity contribution in [2.75, 3.05) is 14.2 Å². The van der Waals surface area contributed by atoms with E-state index in [0.29, 0.717) is 16.9 Å². The minimum absolute atomic E-state index is 0.0589. The van der Waals surface area contributed by atoms with Gasteiger partial charge in [0.05, 0.1) is 19.8 Å². The predicted molar refractivity (Wildman–Crippen MR) is 86.6 cm³/mol. The molecule has 0 aliphatic rings. The average molecular weight is 349 g/mol. The Kier molecular flexibility index (Phi) is 4.68. The van der Waals surface area contributed by atoms with Crippen LogP contribution in [0.1, 0.15) is 27.0 Å². The molecular weight excluding hydrogens is 332 g/mol. The highest BCUT2D eigenvalue weighted by Crippen LogP contribution is 2.34. The molecule has 0 amide bonds. The molecule has 3 nitrogen and oxygen atoms in total. The summed E-state index contributed by atoms with van der Waals surface area (Å²) >= 11 is 3.50. The predicted octanol–water partition coefficient (Wildman–Crippen LogP) is 4.31. The van der Waals surface area contributed by atoms with E-state index in [4.69, 9.17) is 9.47 Å². The minimum atomic E-state index is -0.0589. The van der Waals surface area contributed by atoms with Crippen molar-refractivity contribution in [1.29, 1.82) is 0 Å². The normalized spacial score (nSPS) is 10.3. The van der Waals surface area contributed by atoms with E-state index in [0.717, 1.165) is 21.3 Å². The summed E-state index contributed by atoms with van der Waals surface area (Å²) in [7, 11) is 3.18. The standard InChI is InChI=1S/C17H17BrO3/c1-10-9-14(18)11(2)15(17(10)21-4)16(19)12-5-7-13(20-3)8-6-12/h5-9H,1-4H3. The summed E-state index contributed by atoms with van der Waals surface area (Å²) in [5.74, 6) is 1.29. The summed E-state index contributed by atoms with van der Waals surface area (Å²) in [6.45, 7) is 3.83. The van der Waals surface area contributed by atoms with E-state index in [2.05, 4.69) is 15.9 Å². The van der Waals surface area contributed by atoms with Gasteiger partial charge in [0.2, 0.25) is 0 Å². The summed E-state index contributed by atoms with van der Waals surface area (Å²) < 4.78 is 11.5. The van der Waals surface area contributed by atoms with Crippen molar-refractivity contribution in [3.63, 3.8) is 0 Å². The van der Waals surface area contributed by atoms with Crippen LogP contribution < -0.4 is 9.47 Å². The lowest BCUT2D eigenvalue weighted by atomic mass is 9.96. The second-order valence-corrected chi connectivity index (χ2v) is 5.62. The Hall–Kier alpha value is -1.81. The van der Waals surface area contributed by atoms with Gasteiger partial charge in [0.25, 0.3) is 0 Å². The van der Waals surface area contributed by atoms with Crippen molar-refractivity contribution < 1.29 is 14.3 Å². The van der Waals surface area contributed by atoms with E-state index in [1.807, 2.05) is 19.9 Å². The Labute approximate surface area is 133 Å². The Morgan fingerprint density at radius 3 is 2.19 bits per heavy atom. The number of methoxy groups -OCH3 is 2. The molecule has 0 aliphatic heterocycles. The summed E-state index contributed by atoms with van der Waals surface area (Å²) in [4.78, 5) is 12.8. The fourth-order valence-corrected chi connectivity index (χ4v) is 2.82. The largest absolute Gasteiger partial charge is 0.497 e. The zero-order valence-electron chi connectivity index (χ0n) is 12.5. The molecular formula is C17H17BrO3. The number of hydrogen-bond donors (Lipinski definition) is 0. The van der Waals surface area contributed by atoms with Crippen molar-refractivity contribution in [3.05, 3.63) is 57.1 Å². The number of ketones is 1. The maximum absolute atomic E-state index is 12.8. The van der Waals surface area contributed by atoms with Crippen LogP contribution >= 0.6 is 15.9 Å². The summed E-state index contributed by atoms with van der Waals surface area (Å²) in [5, 5.41) is 0. The zero-order chi connectivity index (χ0) is 15.6. The van der Waals surface area contributed by atoms with Gasteiger partial charge in [0.1, 0.15) is 11.5 Å². The summed E-state index contributed by atoms with van der Waals surface area (Å²) in [6, 6.07) is 9.03. The molecule has 0 heterocycles. The maximum Gasteiger partial charge on any atom is 0.197 e. The number of benzene rings is 2. The van der Waals surface area contributed by atoms with Crippen LogP contribution in [0.15, 0.2) is 34.8 Å². The first-order valence-electron chi connectivity index (χ1n) is 6.52. The lowest BCUT2D eigenvalue weighted by Gasteiger charge is -2.15. The van der Waals surface area contributed by atoms with Gasteiger partial charge in [-0.1, -0.05) is 15.9 Å². The van der Waals surface area contributed by atoms with Crippen LogP contribution in [0.25, 0.3) is 0 Å². The van der Waals surface area contributed by atoms with Gasteiger partial charge in [-0.2, -0.15) is 0 Å². The number of hydrogen-bond acceptors (Lipinski definition) is 3. The molecule has 0 bridgehead atoms. The third-order valence-corrected chi connectivity index (χ3v) is 4.27. The Balaban J connectivity index is 2.56. The first-order chi connectivity index (χ1) is 9.99. The highest BCUT2D eigenvalue weighted by molar-refractivity contribution is 9.10. The van der Waals surface area contributed by atoms with Crippen LogP contribution in [0.5, 0.6) is 11.5 Å². The summed E-state index contributed by atoms with van der Waals surface area (Å²) in [6.07, 6.45) is 0. The highest BCUT2D eigenvalue weighted by atomic mass is 79.9. The third-order valence-electron chi connectivity index (χ3n) is 3.45. The molecule has 2 aromatic rings. The minimum Gasteiger partial charge on any atom is -0.497 e. The topological polar surface area (TPSA) is 35.5 Å². The molecule has 0 aliphatic carbocycles. The molecule has 0 atom stereocenters. The van der Waals surface area contributed by atoms with Crippen LogP contribution in [0, 0.1) is 13.8 Å². The van der Waals surface area contributed by atoms with Gasteiger partial charge in [0, 0.05) is 10.0 Å². The van der Waals surface area contributed by atoms with Crippen LogP contribution in [0.4, 0.5) is 0 Å². The number of rotatable bonds is 4. The molecule has 0 spiro atoms. The van der Waals surface area contributed by atoms with Gasteiger partial charge in [-0.15, -0.1) is 0 Å². The molecule has 0 unspecified atom stereocenters. The third kappa shape index (κ3) is 2.95. The van der Waals surface area contributed by atoms with E-state index in [1.54, 1.807) is 38.5 Å². The van der Waals surface area contributed by atoms with Gasteiger partial charge in [-0.05, 0) is 55.3 Å². The molecule has 0 N–H and O–H groups in total. The number of aryl methyl sites for hydroxylation is 1. The quantitative estimate of drug-likeness (QED) is 0.772. The van der Waals surface area contributed by atoms with Crippen molar-refractivity contribution >= 4 is 21.7 Å². The molecule has 0 radical (unpaired) electrons. The fourth-order valence-electron chi connectivity index (χ4n) is 2.27. The van der Waals surface area contributed by atoms with Gasteiger partial charge < -0.3 is 9.47 Å². The van der Waals surface area contributed by atoms with E-state index in [9.17, 15) is 4.79 Å². The Morgan fingerprint density at radius 2 is 1.67 bits per heavy atom. The number of carbonyl (C=O) groups excluding carboxylic acids is 1. The molecule has 4 heteroatoms. The second-order valence-electron chi connectivity index (χ2n) is 4.77. The zero-order valence-corrected chi connectivity index (χ0v) is 14.1. The van der Waals surface area contributed by atoms with E-state index in [-0.39, 0.29) is 5.78 Å². The average Bonchev–Trinajstić information content (AvgIpc) is 2.50. The lowest BCUT2D eigenvalue weighted by molar-refractivity contribution is 0.103. The molecule has 2 aromatic carbocycles. The van der Waals surface area contributed by atoms with Gasteiger partial charge in [-0.3, -0.25) is 4.79 Å². The Morgan fingerprint density at radius 1 is 1.05 bits per heavy atom. The van der Waals surface area contributed by atoms with Crippen molar-refractivity contribution in [1.82, 2.24) is 0 Å². The molecule has 2 rings (SSSR count). The maximum atomic E-state index is 12.8.